The monoisotopic (exact) mass is 323 g/mol. The van der Waals surface area contributed by atoms with Crippen molar-refractivity contribution in [3.63, 3.8) is 0 Å². The lowest BCUT2D eigenvalue weighted by Crippen LogP contribution is -2.33. The summed E-state index contributed by atoms with van der Waals surface area (Å²) in [6, 6.07) is 0.361. The summed E-state index contributed by atoms with van der Waals surface area (Å²) in [6.07, 6.45) is 8.29. The van der Waals surface area contributed by atoms with Crippen LogP contribution in [0.5, 0.6) is 0 Å². The number of halogens is 1. The van der Waals surface area contributed by atoms with Crippen molar-refractivity contribution >= 4 is 27.4 Å². The highest BCUT2D eigenvalue weighted by Gasteiger charge is 2.16. The number of aromatic nitrogens is 3. The maximum atomic E-state index is 4.49. The topological polar surface area (TPSA) is 45.5 Å². The molecule has 0 amide bonds. The fraction of sp³-hybridized carbons (Fsp3) is 0.538. The Morgan fingerprint density at radius 2 is 2.21 bits per heavy atom. The third-order valence-corrected chi connectivity index (χ3v) is 3.84. The van der Waals surface area contributed by atoms with E-state index in [1.165, 1.54) is 25.9 Å². The van der Waals surface area contributed by atoms with Gasteiger partial charge in [-0.25, -0.2) is 9.97 Å². The maximum Gasteiger partial charge on any atom is 0.180 e. The second-order valence-electron chi connectivity index (χ2n) is 5.12. The number of rotatable bonds is 4. The van der Waals surface area contributed by atoms with Gasteiger partial charge >= 0.3 is 0 Å². The van der Waals surface area contributed by atoms with Crippen molar-refractivity contribution in [1.29, 1.82) is 0 Å². The summed E-state index contributed by atoms with van der Waals surface area (Å²) < 4.78 is 2.79. The molecule has 1 aliphatic heterocycles. The number of fused-ring (bicyclic) bond motifs is 1. The SMILES string of the molecule is CC(CN1CCCC1)Nc1nc(Br)cn2ccnc12. The van der Waals surface area contributed by atoms with Gasteiger partial charge in [-0.1, -0.05) is 0 Å². The highest BCUT2D eigenvalue weighted by molar-refractivity contribution is 9.10. The average molecular weight is 324 g/mol. The van der Waals surface area contributed by atoms with E-state index in [9.17, 15) is 0 Å². The predicted molar refractivity (Wildman–Crippen MR) is 79.4 cm³/mol. The van der Waals surface area contributed by atoms with Crippen LogP contribution in [0.4, 0.5) is 5.82 Å². The molecule has 5 nitrogen and oxygen atoms in total. The molecular formula is C13H18BrN5. The third-order valence-electron chi connectivity index (χ3n) is 3.46. The van der Waals surface area contributed by atoms with Crippen LogP contribution in [0.15, 0.2) is 23.2 Å². The lowest BCUT2D eigenvalue weighted by Gasteiger charge is -2.21. The quantitative estimate of drug-likeness (QED) is 0.938. The van der Waals surface area contributed by atoms with Crippen LogP contribution in [0.1, 0.15) is 19.8 Å². The molecule has 0 spiro atoms. The molecule has 1 saturated heterocycles. The Kier molecular flexibility index (Phi) is 3.70. The molecule has 3 heterocycles. The van der Waals surface area contributed by atoms with Crippen LogP contribution in [0, 0.1) is 0 Å². The second-order valence-corrected chi connectivity index (χ2v) is 5.94. The molecule has 1 atom stereocenters. The van der Waals surface area contributed by atoms with E-state index in [0.717, 1.165) is 22.6 Å². The summed E-state index contributed by atoms with van der Waals surface area (Å²) in [5.74, 6) is 0.839. The number of hydrogen-bond donors (Lipinski definition) is 1. The number of likely N-dealkylation sites (tertiary alicyclic amines) is 1. The standard InChI is InChI=1S/C13H18BrN5/c1-10(8-18-5-2-3-6-18)16-12-13-15-4-7-19(13)9-11(14)17-12/h4,7,9-10H,2-3,5-6,8H2,1H3,(H,16,17). The lowest BCUT2D eigenvalue weighted by atomic mass is 10.3. The Labute approximate surface area is 121 Å². The van der Waals surface area contributed by atoms with Gasteiger partial charge in [-0.2, -0.15) is 0 Å². The van der Waals surface area contributed by atoms with Gasteiger partial charge < -0.3 is 14.6 Å². The van der Waals surface area contributed by atoms with Crippen LogP contribution in [0.3, 0.4) is 0 Å². The largest absolute Gasteiger partial charge is 0.363 e. The molecule has 1 N–H and O–H groups in total. The zero-order valence-corrected chi connectivity index (χ0v) is 12.6. The first-order valence-corrected chi connectivity index (χ1v) is 7.50. The van der Waals surface area contributed by atoms with E-state index in [-0.39, 0.29) is 0 Å². The maximum absolute atomic E-state index is 4.49. The molecule has 3 rings (SSSR count). The van der Waals surface area contributed by atoms with Crippen LogP contribution in [0.2, 0.25) is 0 Å². The van der Waals surface area contributed by atoms with Gasteiger partial charge in [0, 0.05) is 31.2 Å². The Balaban J connectivity index is 1.74. The van der Waals surface area contributed by atoms with Crippen molar-refractivity contribution in [1.82, 2.24) is 19.3 Å². The molecule has 0 radical (unpaired) electrons. The van der Waals surface area contributed by atoms with Gasteiger partial charge in [-0.15, -0.1) is 0 Å². The number of hydrogen-bond acceptors (Lipinski definition) is 4. The molecule has 2 aromatic rings. The minimum atomic E-state index is 0.361. The van der Waals surface area contributed by atoms with Gasteiger partial charge in [0.25, 0.3) is 0 Å². The molecule has 1 fully saturated rings. The van der Waals surface area contributed by atoms with Gasteiger partial charge in [0.1, 0.15) is 4.60 Å². The van der Waals surface area contributed by atoms with E-state index in [2.05, 4.69) is 43.0 Å². The molecule has 6 heteroatoms. The van der Waals surface area contributed by atoms with E-state index < -0.39 is 0 Å². The van der Waals surface area contributed by atoms with Crippen LogP contribution < -0.4 is 5.32 Å². The Morgan fingerprint density at radius 3 is 3.00 bits per heavy atom. The van der Waals surface area contributed by atoms with Crippen LogP contribution >= 0.6 is 15.9 Å². The summed E-state index contributed by atoms with van der Waals surface area (Å²) >= 11 is 3.44. The minimum Gasteiger partial charge on any atom is -0.363 e. The molecule has 1 unspecified atom stereocenters. The summed E-state index contributed by atoms with van der Waals surface area (Å²) in [7, 11) is 0. The van der Waals surface area contributed by atoms with Crippen molar-refractivity contribution in [3.8, 4) is 0 Å². The molecule has 1 aliphatic rings. The molecular weight excluding hydrogens is 306 g/mol. The number of nitrogens with zero attached hydrogens (tertiary/aromatic N) is 4. The van der Waals surface area contributed by atoms with Gasteiger partial charge in [0.05, 0.1) is 0 Å². The number of anilines is 1. The average Bonchev–Trinajstić information content (AvgIpc) is 2.99. The van der Waals surface area contributed by atoms with Gasteiger partial charge in [0.2, 0.25) is 0 Å². The van der Waals surface area contributed by atoms with Gasteiger partial charge in [-0.05, 0) is 48.8 Å². The van der Waals surface area contributed by atoms with E-state index in [0.29, 0.717) is 6.04 Å². The Bertz CT molecular complexity index is 561. The molecule has 0 saturated carbocycles. The van der Waals surface area contributed by atoms with E-state index in [1.807, 2.05) is 16.8 Å². The number of nitrogens with one attached hydrogen (secondary N) is 1. The molecule has 102 valence electrons. The number of imidazole rings is 1. The highest BCUT2D eigenvalue weighted by atomic mass is 79.9. The first-order chi connectivity index (χ1) is 9.22. The van der Waals surface area contributed by atoms with Crippen molar-refractivity contribution in [2.24, 2.45) is 0 Å². The van der Waals surface area contributed by atoms with Crippen molar-refractivity contribution in [2.75, 3.05) is 25.0 Å². The van der Waals surface area contributed by atoms with Gasteiger partial charge in [0.15, 0.2) is 11.5 Å². The molecule has 0 aliphatic carbocycles. The van der Waals surface area contributed by atoms with E-state index >= 15 is 0 Å². The summed E-state index contributed by atoms with van der Waals surface area (Å²) in [4.78, 5) is 11.3. The fourth-order valence-electron chi connectivity index (χ4n) is 2.63. The van der Waals surface area contributed by atoms with Crippen molar-refractivity contribution in [3.05, 3.63) is 23.2 Å². The first-order valence-electron chi connectivity index (χ1n) is 6.70. The van der Waals surface area contributed by atoms with Crippen LogP contribution in [0.25, 0.3) is 5.65 Å². The molecule has 0 aromatic carbocycles. The summed E-state index contributed by atoms with van der Waals surface area (Å²) in [5.41, 5.74) is 0.872. The van der Waals surface area contributed by atoms with E-state index in [4.69, 9.17) is 0 Å². The van der Waals surface area contributed by atoms with Crippen LogP contribution in [-0.4, -0.2) is 44.9 Å². The fourth-order valence-corrected chi connectivity index (χ4v) is 3.03. The lowest BCUT2D eigenvalue weighted by molar-refractivity contribution is 0.327. The third kappa shape index (κ3) is 2.90. The smallest absolute Gasteiger partial charge is 0.180 e. The summed E-state index contributed by atoms with van der Waals surface area (Å²) in [6.45, 7) is 5.69. The molecule has 2 aromatic heterocycles. The molecule has 19 heavy (non-hydrogen) atoms. The Morgan fingerprint density at radius 1 is 1.42 bits per heavy atom. The van der Waals surface area contributed by atoms with Crippen molar-refractivity contribution < 1.29 is 0 Å². The first kappa shape index (κ1) is 12.9. The molecule has 0 bridgehead atoms. The zero-order valence-electron chi connectivity index (χ0n) is 11.0. The van der Waals surface area contributed by atoms with Crippen molar-refractivity contribution in [2.45, 2.75) is 25.8 Å². The summed E-state index contributed by atoms with van der Waals surface area (Å²) in [5, 5.41) is 3.47. The minimum absolute atomic E-state index is 0.361. The second kappa shape index (κ2) is 5.46. The highest BCUT2D eigenvalue weighted by Crippen LogP contribution is 2.18. The predicted octanol–water partition coefficient (Wildman–Crippen LogP) is 2.39. The normalized spacial score (nSPS) is 18.0. The van der Waals surface area contributed by atoms with Crippen LogP contribution in [-0.2, 0) is 0 Å². The Hall–Kier alpha value is -1.14. The zero-order chi connectivity index (χ0) is 13.2. The van der Waals surface area contributed by atoms with Gasteiger partial charge in [-0.3, -0.25) is 0 Å². The van der Waals surface area contributed by atoms with E-state index in [1.54, 1.807) is 6.20 Å².